The number of benzene rings is 2. The van der Waals surface area contributed by atoms with Crippen LogP contribution in [0.15, 0.2) is 58.1 Å². The predicted molar refractivity (Wildman–Crippen MR) is 102 cm³/mol. The first-order valence-electron chi connectivity index (χ1n) is 7.43. The monoisotopic (exact) mass is 413 g/mol. The number of fused-ring (bicyclic) bond motifs is 1. The van der Waals surface area contributed by atoms with Gasteiger partial charge < -0.3 is 0 Å². The van der Waals surface area contributed by atoms with Gasteiger partial charge in [0.05, 0.1) is 18.3 Å². The Morgan fingerprint density at radius 3 is 2.80 bits per heavy atom. The zero-order valence-corrected chi connectivity index (χ0v) is 15.3. The van der Waals surface area contributed by atoms with Gasteiger partial charge in [0.2, 0.25) is 5.13 Å². The van der Waals surface area contributed by atoms with E-state index in [1.165, 1.54) is 11.3 Å². The second kappa shape index (κ2) is 7.08. The van der Waals surface area contributed by atoms with Crippen LogP contribution in [0.25, 0.3) is 11.0 Å². The van der Waals surface area contributed by atoms with Crippen molar-refractivity contribution in [1.82, 2.24) is 25.2 Å². The van der Waals surface area contributed by atoms with Crippen LogP contribution in [0, 0.1) is 0 Å². The Morgan fingerprint density at radius 1 is 1.08 bits per heavy atom. The Balaban J connectivity index is 1.42. The summed E-state index contributed by atoms with van der Waals surface area (Å²) in [6.07, 6.45) is 1.73. The number of halogens is 1. The van der Waals surface area contributed by atoms with Gasteiger partial charge in [-0.2, -0.15) is 5.10 Å². The standard InChI is InChI=1S/C16H12BrN7S/c17-12-7-5-11(6-8-12)9-18-21-16-22-20-15(25-16)10-24-14-4-2-1-3-13(14)19-23-24/h1-9H,10H2,(H,21,22)/b18-9+. The zero-order valence-electron chi connectivity index (χ0n) is 12.9. The fraction of sp³-hybridized carbons (Fsp3) is 0.0625. The van der Waals surface area contributed by atoms with E-state index in [0.717, 1.165) is 26.1 Å². The van der Waals surface area contributed by atoms with Gasteiger partial charge in [0.25, 0.3) is 0 Å². The summed E-state index contributed by atoms with van der Waals surface area (Å²) in [4.78, 5) is 0. The molecule has 0 aliphatic rings. The Hall–Kier alpha value is -2.65. The minimum absolute atomic E-state index is 0.524. The highest BCUT2D eigenvalue weighted by Gasteiger charge is 2.08. The lowest BCUT2D eigenvalue weighted by Crippen LogP contribution is -2.01. The van der Waals surface area contributed by atoms with Gasteiger partial charge in [-0.15, -0.1) is 15.3 Å². The lowest BCUT2D eigenvalue weighted by molar-refractivity contribution is 0.662. The van der Waals surface area contributed by atoms with Gasteiger partial charge in [-0.05, 0) is 29.8 Å². The van der Waals surface area contributed by atoms with Crippen molar-refractivity contribution >= 4 is 49.6 Å². The van der Waals surface area contributed by atoms with Gasteiger partial charge in [0.15, 0.2) is 0 Å². The molecule has 1 N–H and O–H groups in total. The Morgan fingerprint density at radius 2 is 1.92 bits per heavy atom. The van der Waals surface area contributed by atoms with Gasteiger partial charge in [0, 0.05) is 4.47 Å². The van der Waals surface area contributed by atoms with Crippen LogP contribution in [-0.4, -0.2) is 31.4 Å². The van der Waals surface area contributed by atoms with E-state index in [9.17, 15) is 0 Å². The second-order valence-electron chi connectivity index (χ2n) is 5.16. The van der Waals surface area contributed by atoms with Crippen LogP contribution >= 0.6 is 27.3 Å². The Kier molecular flexibility index (Phi) is 4.49. The molecule has 4 aromatic rings. The molecule has 0 amide bonds. The number of anilines is 1. The summed E-state index contributed by atoms with van der Waals surface area (Å²) < 4.78 is 2.84. The van der Waals surface area contributed by atoms with Crippen LogP contribution in [0.4, 0.5) is 5.13 Å². The fourth-order valence-corrected chi connectivity index (χ4v) is 3.17. The molecule has 0 radical (unpaired) electrons. The molecule has 0 bridgehead atoms. The summed E-state index contributed by atoms with van der Waals surface area (Å²) >= 11 is 4.84. The van der Waals surface area contributed by atoms with Crippen molar-refractivity contribution in [3.8, 4) is 0 Å². The van der Waals surface area contributed by atoms with Crippen LogP contribution in [0.1, 0.15) is 10.6 Å². The van der Waals surface area contributed by atoms with Gasteiger partial charge in [0.1, 0.15) is 10.5 Å². The van der Waals surface area contributed by atoms with Gasteiger partial charge in [-0.1, -0.05) is 56.7 Å². The molecule has 7 nitrogen and oxygen atoms in total. The molecule has 124 valence electrons. The zero-order chi connectivity index (χ0) is 17.1. The number of hydrogen-bond acceptors (Lipinski definition) is 7. The quantitative estimate of drug-likeness (QED) is 0.399. The molecule has 0 fully saturated rings. The number of rotatable bonds is 5. The summed E-state index contributed by atoms with van der Waals surface area (Å²) in [5.41, 5.74) is 5.74. The normalized spacial score (nSPS) is 11.4. The van der Waals surface area contributed by atoms with Crippen molar-refractivity contribution in [1.29, 1.82) is 0 Å². The lowest BCUT2D eigenvalue weighted by atomic mass is 10.2. The van der Waals surface area contributed by atoms with Crippen LogP contribution in [0.2, 0.25) is 0 Å². The predicted octanol–water partition coefficient (Wildman–Crippen LogP) is 3.54. The van der Waals surface area contributed by atoms with E-state index >= 15 is 0 Å². The maximum Gasteiger partial charge on any atom is 0.226 e. The van der Waals surface area contributed by atoms with Crippen molar-refractivity contribution < 1.29 is 0 Å². The van der Waals surface area contributed by atoms with E-state index in [4.69, 9.17) is 0 Å². The molecule has 0 saturated carbocycles. The average molecular weight is 414 g/mol. The molecule has 2 aromatic heterocycles. The molecule has 2 heterocycles. The third-order valence-corrected chi connectivity index (χ3v) is 4.76. The average Bonchev–Trinajstić information content (AvgIpc) is 3.25. The van der Waals surface area contributed by atoms with E-state index in [1.54, 1.807) is 6.21 Å². The SMILES string of the molecule is Brc1ccc(/C=N/Nc2nnc(Cn3nnc4ccccc43)s2)cc1. The number of para-hydroxylation sites is 1. The molecule has 0 saturated heterocycles. The number of hydrogen-bond donors (Lipinski definition) is 1. The van der Waals surface area contributed by atoms with Crippen molar-refractivity contribution in [3.63, 3.8) is 0 Å². The molecule has 0 atom stereocenters. The molecule has 0 aliphatic carbocycles. The first kappa shape index (κ1) is 15.9. The third kappa shape index (κ3) is 3.72. The highest BCUT2D eigenvalue weighted by molar-refractivity contribution is 9.10. The van der Waals surface area contributed by atoms with Gasteiger partial charge in [-0.25, -0.2) is 4.68 Å². The minimum Gasteiger partial charge on any atom is -0.251 e. The van der Waals surface area contributed by atoms with Gasteiger partial charge in [-0.3, -0.25) is 5.43 Å². The third-order valence-electron chi connectivity index (χ3n) is 3.42. The summed E-state index contributed by atoms with van der Waals surface area (Å²) in [5, 5.41) is 22.2. The fourth-order valence-electron chi connectivity index (χ4n) is 2.24. The topological polar surface area (TPSA) is 80.9 Å². The van der Waals surface area contributed by atoms with E-state index in [0.29, 0.717) is 11.7 Å². The van der Waals surface area contributed by atoms with Crippen LogP contribution in [0.5, 0.6) is 0 Å². The minimum atomic E-state index is 0.524. The lowest BCUT2D eigenvalue weighted by Gasteiger charge is -1.97. The molecule has 0 aliphatic heterocycles. The molecule has 9 heteroatoms. The van der Waals surface area contributed by atoms with E-state index in [1.807, 2.05) is 53.2 Å². The number of nitrogens with one attached hydrogen (secondary N) is 1. The number of hydrazone groups is 1. The van der Waals surface area contributed by atoms with Crippen LogP contribution in [-0.2, 0) is 6.54 Å². The maximum absolute atomic E-state index is 4.18. The number of aromatic nitrogens is 5. The highest BCUT2D eigenvalue weighted by atomic mass is 79.9. The van der Waals surface area contributed by atoms with Crippen LogP contribution < -0.4 is 5.43 Å². The molecule has 2 aromatic carbocycles. The van der Waals surface area contributed by atoms with Crippen molar-refractivity contribution in [2.75, 3.05) is 5.43 Å². The van der Waals surface area contributed by atoms with Crippen molar-refractivity contribution in [3.05, 3.63) is 63.6 Å². The maximum atomic E-state index is 4.18. The van der Waals surface area contributed by atoms with E-state index in [-0.39, 0.29) is 0 Å². The summed E-state index contributed by atoms with van der Waals surface area (Å²) in [7, 11) is 0. The van der Waals surface area contributed by atoms with Crippen molar-refractivity contribution in [2.45, 2.75) is 6.54 Å². The highest BCUT2D eigenvalue weighted by Crippen LogP contribution is 2.18. The largest absolute Gasteiger partial charge is 0.251 e. The summed E-state index contributed by atoms with van der Waals surface area (Å²) in [6.45, 7) is 0.524. The van der Waals surface area contributed by atoms with Crippen LogP contribution in [0.3, 0.4) is 0 Å². The van der Waals surface area contributed by atoms with E-state index < -0.39 is 0 Å². The molecule has 0 spiro atoms. The van der Waals surface area contributed by atoms with E-state index in [2.05, 4.69) is 47.0 Å². The number of nitrogens with zero attached hydrogens (tertiary/aromatic N) is 6. The first-order valence-corrected chi connectivity index (χ1v) is 9.04. The molecular weight excluding hydrogens is 402 g/mol. The molecule has 25 heavy (non-hydrogen) atoms. The molecular formula is C16H12BrN7S. The first-order chi connectivity index (χ1) is 12.3. The Bertz CT molecular complexity index is 1020. The van der Waals surface area contributed by atoms with Crippen molar-refractivity contribution in [2.24, 2.45) is 5.10 Å². The summed E-state index contributed by atoms with van der Waals surface area (Å²) in [5.74, 6) is 0. The molecule has 4 rings (SSSR count). The molecule has 0 unspecified atom stereocenters. The van der Waals surface area contributed by atoms with Gasteiger partial charge >= 0.3 is 0 Å². The second-order valence-corrected chi connectivity index (χ2v) is 7.14. The smallest absolute Gasteiger partial charge is 0.226 e. The summed E-state index contributed by atoms with van der Waals surface area (Å²) in [6, 6.07) is 15.7. The Labute approximate surface area is 155 Å².